The summed E-state index contributed by atoms with van der Waals surface area (Å²) < 4.78 is 39.3. The van der Waals surface area contributed by atoms with Crippen molar-refractivity contribution in [3.05, 3.63) is 77.0 Å². The van der Waals surface area contributed by atoms with E-state index < -0.39 is 17.5 Å². The largest absolute Gasteiger partial charge is 0.383 e. The summed E-state index contributed by atoms with van der Waals surface area (Å²) in [6, 6.07) is 8.02. The molecular weight excluding hydrogens is 721 g/mol. The van der Waals surface area contributed by atoms with Gasteiger partial charge in [-0.1, -0.05) is 13.0 Å². The zero-order valence-corrected chi connectivity index (χ0v) is 33.3. The molecule has 0 saturated carbocycles. The van der Waals surface area contributed by atoms with Crippen LogP contribution in [-0.4, -0.2) is 120 Å². The maximum atomic E-state index is 15.6. The fourth-order valence-electron chi connectivity index (χ4n) is 7.68. The van der Waals surface area contributed by atoms with Crippen LogP contribution in [0.15, 0.2) is 42.7 Å². The van der Waals surface area contributed by atoms with Crippen LogP contribution in [0.2, 0.25) is 0 Å². The Morgan fingerprint density at radius 2 is 1.70 bits per heavy atom. The number of aromatic nitrogens is 4. The van der Waals surface area contributed by atoms with E-state index in [1.54, 1.807) is 55.8 Å². The molecule has 2 aliphatic rings. The molecule has 15 heteroatoms. The highest BCUT2D eigenvalue weighted by molar-refractivity contribution is 6.03. The number of nitrogens with zero attached hydrogens (tertiary/aromatic N) is 6. The number of amides is 3. The maximum Gasteiger partial charge on any atom is 0.291 e. The van der Waals surface area contributed by atoms with Gasteiger partial charge in [-0.2, -0.15) is 5.10 Å². The minimum absolute atomic E-state index is 0.00540. The smallest absolute Gasteiger partial charge is 0.291 e. The summed E-state index contributed by atoms with van der Waals surface area (Å²) in [6.07, 6.45) is 4.50. The van der Waals surface area contributed by atoms with E-state index in [2.05, 4.69) is 34.7 Å². The van der Waals surface area contributed by atoms with Crippen LogP contribution in [0.4, 0.5) is 14.5 Å². The van der Waals surface area contributed by atoms with Gasteiger partial charge in [0.2, 0.25) is 5.91 Å². The molecule has 2 aliphatic heterocycles. The number of methoxy groups -OCH3 is 1. The third-order valence-corrected chi connectivity index (χ3v) is 11.3. The number of carbonyl (C=O) groups is 3. The number of anilines is 1. The Morgan fingerprint density at radius 1 is 1.00 bits per heavy atom. The van der Waals surface area contributed by atoms with Crippen molar-refractivity contribution in [2.24, 2.45) is 18.9 Å². The first-order valence-corrected chi connectivity index (χ1v) is 19.5. The van der Waals surface area contributed by atoms with Gasteiger partial charge in [0.1, 0.15) is 0 Å². The van der Waals surface area contributed by atoms with Crippen LogP contribution in [0.3, 0.4) is 0 Å². The van der Waals surface area contributed by atoms with E-state index in [1.807, 2.05) is 4.90 Å². The average Bonchev–Trinajstić information content (AvgIpc) is 3.74. The SMILES string of the molecule is CCC(CC[NH+](C)CC1CNC1)C(=O)N1CCN(C(=O)c2ccc(NC(=O)c3ncc(-c4ccc(-c5cnn(CCOC)c5C)c(F)c4F)n3C)cc2C)CC1. The van der Waals surface area contributed by atoms with E-state index in [0.717, 1.165) is 44.9 Å². The molecule has 4 aromatic rings. The molecule has 0 bridgehead atoms. The number of benzene rings is 2. The molecule has 2 aromatic carbocycles. The first-order chi connectivity index (χ1) is 26.9. The fourth-order valence-corrected chi connectivity index (χ4v) is 7.68. The number of aryl methyl sites for hydroxylation is 1. The number of carbonyl (C=O) groups excluding carboxylic acids is 3. The summed E-state index contributed by atoms with van der Waals surface area (Å²) in [5.74, 6) is -1.87. The predicted octanol–water partition coefficient (Wildman–Crippen LogP) is 3.18. The van der Waals surface area contributed by atoms with Gasteiger partial charge < -0.3 is 34.6 Å². The molecule has 13 nitrogen and oxygen atoms in total. The summed E-state index contributed by atoms with van der Waals surface area (Å²) in [6.45, 7) is 12.7. The Balaban J connectivity index is 1.05. The van der Waals surface area contributed by atoms with E-state index >= 15 is 8.78 Å². The quantitative estimate of drug-likeness (QED) is 0.169. The highest BCUT2D eigenvalue weighted by Crippen LogP contribution is 2.33. The molecule has 3 amide bonds. The van der Waals surface area contributed by atoms with Gasteiger partial charge in [0.05, 0.1) is 51.4 Å². The zero-order valence-electron chi connectivity index (χ0n) is 33.3. The Bertz CT molecular complexity index is 2050. The third kappa shape index (κ3) is 8.69. The molecule has 0 aliphatic carbocycles. The summed E-state index contributed by atoms with van der Waals surface area (Å²) >= 11 is 0. The molecule has 3 N–H and O–H groups in total. The number of imidazole rings is 1. The standard InChI is InChI=1S/C41H53F2N9O4/c1-7-29(12-13-48(4)25-28-21-44-22-28)40(54)50-14-16-51(17-15-50)41(55)31-9-8-30(20-26(31)2)47-39(53)38-45-24-35(49(38)5)33-11-10-32(36(42)37(33)43)34-23-46-52(27(34)3)18-19-56-6/h8-11,20,23-24,28-29,44H,7,12-19,21-22,25H2,1-6H3,(H,47,53)/p+1. The lowest BCUT2D eigenvalue weighted by atomic mass is 9.98. The monoisotopic (exact) mass is 774 g/mol. The number of quaternary nitrogens is 1. The first-order valence-electron chi connectivity index (χ1n) is 19.5. The predicted molar refractivity (Wildman–Crippen MR) is 209 cm³/mol. The number of hydrogen-bond donors (Lipinski definition) is 3. The van der Waals surface area contributed by atoms with Crippen molar-refractivity contribution in [1.82, 2.24) is 34.4 Å². The van der Waals surface area contributed by atoms with Gasteiger partial charge in [-0.3, -0.25) is 19.1 Å². The summed E-state index contributed by atoms with van der Waals surface area (Å²) in [5.41, 5.74) is 3.06. The number of piperazine rings is 1. The second-order valence-electron chi connectivity index (χ2n) is 15.1. The van der Waals surface area contributed by atoms with E-state index in [-0.39, 0.29) is 40.4 Å². The van der Waals surface area contributed by atoms with Crippen molar-refractivity contribution < 1.29 is 32.8 Å². The third-order valence-electron chi connectivity index (χ3n) is 11.3. The van der Waals surface area contributed by atoms with Crippen LogP contribution >= 0.6 is 0 Å². The van der Waals surface area contributed by atoms with Crippen LogP contribution in [0.1, 0.15) is 52.0 Å². The van der Waals surface area contributed by atoms with Crippen LogP contribution in [-0.2, 0) is 23.1 Å². The van der Waals surface area contributed by atoms with E-state index in [4.69, 9.17) is 4.74 Å². The van der Waals surface area contributed by atoms with Gasteiger partial charge in [0, 0.05) is 105 Å². The van der Waals surface area contributed by atoms with Gasteiger partial charge in [0.25, 0.3) is 11.8 Å². The molecular formula is C41H54F2N9O4+. The van der Waals surface area contributed by atoms with Crippen LogP contribution in [0.25, 0.3) is 22.4 Å². The Hall–Kier alpha value is -4.99. The second kappa shape index (κ2) is 17.9. The van der Waals surface area contributed by atoms with Gasteiger partial charge >= 0.3 is 0 Å². The van der Waals surface area contributed by atoms with Crippen LogP contribution in [0, 0.1) is 37.3 Å². The van der Waals surface area contributed by atoms with Gasteiger partial charge in [-0.15, -0.1) is 0 Å². The van der Waals surface area contributed by atoms with Gasteiger partial charge in [-0.25, -0.2) is 13.8 Å². The summed E-state index contributed by atoms with van der Waals surface area (Å²) in [4.78, 5) is 49.7. The molecule has 4 heterocycles. The molecule has 6 rings (SSSR count). The lowest BCUT2D eigenvalue weighted by Crippen LogP contribution is -3.10. The summed E-state index contributed by atoms with van der Waals surface area (Å²) in [7, 11) is 5.35. The number of hydrogen-bond acceptors (Lipinski definition) is 7. The van der Waals surface area contributed by atoms with Crippen molar-refractivity contribution in [2.75, 3.05) is 78.4 Å². The molecule has 0 radical (unpaired) electrons. The topological polar surface area (TPSA) is 131 Å². The molecule has 2 fully saturated rings. The lowest BCUT2D eigenvalue weighted by Gasteiger charge is -2.37. The second-order valence-corrected chi connectivity index (χ2v) is 15.1. The highest BCUT2D eigenvalue weighted by atomic mass is 19.2. The molecule has 300 valence electrons. The number of halogens is 2. The summed E-state index contributed by atoms with van der Waals surface area (Å²) in [5, 5.41) is 10.4. The van der Waals surface area contributed by atoms with E-state index in [1.165, 1.54) is 34.0 Å². The zero-order chi connectivity index (χ0) is 40.1. The molecule has 2 aromatic heterocycles. The van der Waals surface area contributed by atoms with Crippen LogP contribution in [0.5, 0.6) is 0 Å². The minimum atomic E-state index is -1.06. The number of ether oxygens (including phenoxy) is 1. The fraction of sp³-hybridized carbons (Fsp3) is 0.488. The average molecular weight is 775 g/mol. The molecule has 2 unspecified atom stereocenters. The number of nitrogens with one attached hydrogen (secondary N) is 3. The Kier molecular flexibility index (Phi) is 13.0. The van der Waals surface area contributed by atoms with Crippen molar-refractivity contribution in [3.8, 4) is 22.4 Å². The molecule has 0 spiro atoms. The van der Waals surface area contributed by atoms with Crippen molar-refractivity contribution in [2.45, 2.75) is 40.2 Å². The lowest BCUT2D eigenvalue weighted by molar-refractivity contribution is -0.884. The highest BCUT2D eigenvalue weighted by Gasteiger charge is 2.30. The molecule has 2 saturated heterocycles. The van der Waals surface area contributed by atoms with Gasteiger partial charge in [-0.05, 0) is 50.1 Å². The van der Waals surface area contributed by atoms with E-state index in [9.17, 15) is 14.4 Å². The minimum Gasteiger partial charge on any atom is -0.383 e. The van der Waals surface area contributed by atoms with Crippen molar-refractivity contribution in [3.63, 3.8) is 0 Å². The molecule has 2 atom stereocenters. The molecule has 56 heavy (non-hydrogen) atoms. The first kappa shape index (κ1) is 40.7. The Labute approximate surface area is 327 Å². The van der Waals surface area contributed by atoms with Crippen molar-refractivity contribution in [1.29, 1.82) is 0 Å². The maximum absolute atomic E-state index is 15.6. The normalized spacial score (nSPS) is 15.8. The van der Waals surface area contributed by atoms with E-state index in [0.29, 0.717) is 67.4 Å². The van der Waals surface area contributed by atoms with Crippen LogP contribution < -0.4 is 15.5 Å². The van der Waals surface area contributed by atoms with Crippen molar-refractivity contribution >= 4 is 23.4 Å². The van der Waals surface area contributed by atoms with Gasteiger partial charge in [0.15, 0.2) is 17.5 Å². The number of rotatable bonds is 15. The Morgan fingerprint density at radius 3 is 2.36 bits per heavy atom.